The number of hydrogen-bond donors (Lipinski definition) is 1. The standard InChI is InChI=1S/C18H20ClN5O2/c1-2-14-3-5-17(6-4-14)26-13-24-12-16(10-21-24)22-18(25)7-8-23-11-15(19)9-20-23/h3-6,9-12H,2,7-8,13H2,1H3,(H,22,25). The summed E-state index contributed by atoms with van der Waals surface area (Å²) < 4.78 is 8.93. The first-order valence-electron chi connectivity index (χ1n) is 8.34. The third-order valence-corrected chi connectivity index (χ3v) is 3.98. The van der Waals surface area contributed by atoms with Crippen molar-refractivity contribution in [3.63, 3.8) is 0 Å². The van der Waals surface area contributed by atoms with E-state index in [1.165, 1.54) is 5.56 Å². The third kappa shape index (κ3) is 5.10. The molecule has 0 aliphatic carbocycles. The first kappa shape index (κ1) is 18.0. The van der Waals surface area contributed by atoms with Crippen molar-refractivity contribution in [3.05, 3.63) is 59.6 Å². The maximum Gasteiger partial charge on any atom is 0.226 e. The van der Waals surface area contributed by atoms with Crippen LogP contribution >= 0.6 is 11.6 Å². The van der Waals surface area contributed by atoms with Crippen molar-refractivity contribution >= 4 is 23.2 Å². The van der Waals surface area contributed by atoms with Gasteiger partial charge in [0, 0.05) is 19.2 Å². The van der Waals surface area contributed by atoms with Crippen LogP contribution in [0.25, 0.3) is 0 Å². The van der Waals surface area contributed by atoms with Gasteiger partial charge < -0.3 is 10.1 Å². The monoisotopic (exact) mass is 373 g/mol. The fourth-order valence-corrected chi connectivity index (χ4v) is 2.52. The minimum absolute atomic E-state index is 0.118. The highest BCUT2D eigenvalue weighted by atomic mass is 35.5. The summed E-state index contributed by atoms with van der Waals surface area (Å²) in [5.41, 5.74) is 1.89. The number of aryl methyl sites for hydroxylation is 2. The highest BCUT2D eigenvalue weighted by molar-refractivity contribution is 6.30. The number of anilines is 1. The van der Waals surface area contributed by atoms with Crippen molar-refractivity contribution in [3.8, 4) is 5.75 Å². The average molecular weight is 374 g/mol. The van der Waals surface area contributed by atoms with E-state index in [2.05, 4.69) is 22.4 Å². The Kier molecular flexibility index (Phi) is 5.91. The lowest BCUT2D eigenvalue weighted by Crippen LogP contribution is -2.14. The summed E-state index contributed by atoms with van der Waals surface area (Å²) in [7, 11) is 0. The molecule has 136 valence electrons. The van der Waals surface area contributed by atoms with Crippen molar-refractivity contribution in [2.45, 2.75) is 33.0 Å². The molecule has 8 heteroatoms. The number of amides is 1. The van der Waals surface area contributed by atoms with Gasteiger partial charge in [-0.15, -0.1) is 0 Å². The lowest BCUT2D eigenvalue weighted by Gasteiger charge is -2.06. The van der Waals surface area contributed by atoms with E-state index in [1.54, 1.807) is 34.2 Å². The minimum atomic E-state index is -0.118. The summed E-state index contributed by atoms with van der Waals surface area (Å²) in [6.45, 7) is 2.84. The highest BCUT2D eigenvalue weighted by Gasteiger charge is 2.06. The lowest BCUT2D eigenvalue weighted by molar-refractivity contribution is -0.116. The second kappa shape index (κ2) is 8.53. The largest absolute Gasteiger partial charge is 0.471 e. The van der Waals surface area contributed by atoms with Crippen molar-refractivity contribution < 1.29 is 9.53 Å². The van der Waals surface area contributed by atoms with Crippen LogP contribution in [0.15, 0.2) is 49.1 Å². The molecule has 0 aliphatic rings. The van der Waals surface area contributed by atoms with Gasteiger partial charge >= 0.3 is 0 Å². The van der Waals surface area contributed by atoms with Crippen molar-refractivity contribution in [1.82, 2.24) is 19.6 Å². The molecule has 26 heavy (non-hydrogen) atoms. The smallest absolute Gasteiger partial charge is 0.226 e. The van der Waals surface area contributed by atoms with Gasteiger partial charge in [0.1, 0.15) is 5.75 Å². The SMILES string of the molecule is CCc1ccc(OCn2cc(NC(=O)CCn3cc(Cl)cn3)cn2)cc1. The Labute approximate surface area is 156 Å². The number of halogens is 1. The quantitative estimate of drug-likeness (QED) is 0.657. The molecule has 1 amide bonds. The predicted octanol–water partition coefficient (Wildman–Crippen LogP) is 3.36. The highest BCUT2D eigenvalue weighted by Crippen LogP contribution is 2.14. The Balaban J connectivity index is 1.45. The summed E-state index contributed by atoms with van der Waals surface area (Å²) in [4.78, 5) is 12.0. The Morgan fingerprint density at radius 2 is 1.92 bits per heavy atom. The van der Waals surface area contributed by atoms with E-state index < -0.39 is 0 Å². The summed E-state index contributed by atoms with van der Waals surface area (Å²) >= 11 is 5.79. The molecule has 2 heterocycles. The molecule has 1 N–H and O–H groups in total. The molecular formula is C18H20ClN5O2. The van der Waals surface area contributed by atoms with Crippen LogP contribution in [0.5, 0.6) is 5.75 Å². The minimum Gasteiger partial charge on any atom is -0.471 e. The van der Waals surface area contributed by atoms with Gasteiger partial charge in [-0.3, -0.25) is 9.48 Å². The van der Waals surface area contributed by atoms with Gasteiger partial charge in [-0.2, -0.15) is 10.2 Å². The van der Waals surface area contributed by atoms with Crippen LogP contribution in [0.2, 0.25) is 5.02 Å². The zero-order valence-corrected chi connectivity index (χ0v) is 15.2. The molecule has 3 rings (SSSR count). The van der Waals surface area contributed by atoms with Gasteiger partial charge in [0.25, 0.3) is 0 Å². The summed E-state index contributed by atoms with van der Waals surface area (Å²) in [6.07, 6.45) is 7.82. The lowest BCUT2D eigenvalue weighted by atomic mass is 10.2. The van der Waals surface area contributed by atoms with Crippen LogP contribution in [0.3, 0.4) is 0 Å². The van der Waals surface area contributed by atoms with E-state index in [1.807, 2.05) is 24.3 Å². The Hall–Kier alpha value is -2.80. The number of benzene rings is 1. The maximum absolute atomic E-state index is 12.0. The second-order valence-electron chi connectivity index (χ2n) is 5.76. The van der Waals surface area contributed by atoms with Gasteiger partial charge in [0.2, 0.25) is 5.91 Å². The number of nitrogens with one attached hydrogen (secondary N) is 1. The summed E-state index contributed by atoms with van der Waals surface area (Å²) in [6, 6.07) is 7.95. The Morgan fingerprint density at radius 3 is 2.62 bits per heavy atom. The molecule has 0 bridgehead atoms. The van der Waals surface area contributed by atoms with E-state index in [0.717, 1.165) is 12.2 Å². The zero-order chi connectivity index (χ0) is 18.4. The molecule has 0 unspecified atom stereocenters. The van der Waals surface area contributed by atoms with E-state index >= 15 is 0 Å². The van der Waals surface area contributed by atoms with E-state index in [9.17, 15) is 4.79 Å². The topological polar surface area (TPSA) is 74.0 Å². The Bertz CT molecular complexity index is 857. The van der Waals surface area contributed by atoms with Crippen LogP contribution in [0.1, 0.15) is 18.9 Å². The van der Waals surface area contributed by atoms with Gasteiger partial charge in [0.15, 0.2) is 6.73 Å². The molecule has 0 aliphatic heterocycles. The average Bonchev–Trinajstić information content (AvgIpc) is 3.27. The summed E-state index contributed by atoms with van der Waals surface area (Å²) in [5.74, 6) is 0.661. The number of rotatable bonds is 8. The fraction of sp³-hybridized carbons (Fsp3) is 0.278. The molecule has 7 nitrogen and oxygen atoms in total. The molecule has 2 aromatic heterocycles. The van der Waals surface area contributed by atoms with Crippen LogP contribution < -0.4 is 10.1 Å². The number of nitrogens with zero attached hydrogens (tertiary/aromatic N) is 4. The van der Waals surface area contributed by atoms with Crippen LogP contribution in [0, 0.1) is 0 Å². The van der Waals surface area contributed by atoms with Gasteiger partial charge in [-0.05, 0) is 24.1 Å². The van der Waals surface area contributed by atoms with E-state index in [0.29, 0.717) is 23.7 Å². The van der Waals surface area contributed by atoms with E-state index in [4.69, 9.17) is 16.3 Å². The van der Waals surface area contributed by atoms with Crippen molar-refractivity contribution in [2.75, 3.05) is 5.32 Å². The molecule has 0 spiro atoms. The number of hydrogen-bond acceptors (Lipinski definition) is 4. The van der Waals surface area contributed by atoms with Gasteiger partial charge in [-0.1, -0.05) is 30.7 Å². The summed E-state index contributed by atoms with van der Waals surface area (Å²) in [5, 5.41) is 11.6. The van der Waals surface area contributed by atoms with Crippen LogP contribution in [-0.4, -0.2) is 25.5 Å². The van der Waals surface area contributed by atoms with Gasteiger partial charge in [0.05, 0.1) is 29.3 Å². The molecule has 0 atom stereocenters. The Morgan fingerprint density at radius 1 is 1.15 bits per heavy atom. The second-order valence-corrected chi connectivity index (χ2v) is 6.20. The number of carbonyl (C=O) groups is 1. The molecule has 0 fully saturated rings. The normalized spacial score (nSPS) is 10.7. The first-order valence-corrected chi connectivity index (χ1v) is 8.72. The molecule has 0 saturated carbocycles. The molecule has 0 radical (unpaired) electrons. The van der Waals surface area contributed by atoms with Crippen molar-refractivity contribution in [1.29, 1.82) is 0 Å². The van der Waals surface area contributed by atoms with Crippen LogP contribution in [0.4, 0.5) is 5.69 Å². The number of aromatic nitrogens is 4. The molecule has 3 aromatic rings. The molecule has 0 saturated heterocycles. The number of carbonyl (C=O) groups excluding carboxylic acids is 1. The van der Waals surface area contributed by atoms with Gasteiger partial charge in [-0.25, -0.2) is 4.68 Å². The van der Waals surface area contributed by atoms with Crippen molar-refractivity contribution in [2.24, 2.45) is 0 Å². The number of ether oxygens (including phenoxy) is 1. The first-order chi connectivity index (χ1) is 12.6. The molecular weight excluding hydrogens is 354 g/mol. The van der Waals surface area contributed by atoms with E-state index in [-0.39, 0.29) is 12.6 Å². The molecule has 1 aromatic carbocycles. The zero-order valence-electron chi connectivity index (χ0n) is 14.4. The predicted molar refractivity (Wildman–Crippen MR) is 99.2 cm³/mol. The third-order valence-electron chi connectivity index (χ3n) is 3.78. The fourth-order valence-electron chi connectivity index (χ4n) is 2.36. The van der Waals surface area contributed by atoms with Crippen LogP contribution in [-0.2, 0) is 24.5 Å². The maximum atomic E-state index is 12.0.